The first kappa shape index (κ1) is 34.5. The SMILES string of the molecule is COCCO[C@@H]1[C@H](NC(c2ccccc2)(c2ccccc2)c2ccc(OC)cc2)[C@@H](COC(=O)c2ccccc2)O[C@H]1n1ccc(=O)[nH]c1=O. The van der Waals surface area contributed by atoms with Gasteiger partial charge in [-0.25, -0.2) is 9.59 Å². The first-order valence-corrected chi connectivity index (χ1v) is 16.3. The molecule has 50 heavy (non-hydrogen) atoms. The molecule has 1 aliphatic heterocycles. The topological polar surface area (TPSA) is 130 Å². The van der Waals surface area contributed by atoms with E-state index in [1.165, 1.54) is 16.8 Å². The standard InChI is InChI=1S/C39H39N3O8/c1-46-24-25-48-35-34(32(26-49-37(44)27-12-6-3-7-13-27)50-36(35)42-23-22-33(43)40-38(42)45)41-39(28-14-8-4-9-15-28,29-16-10-5-11-17-29)30-18-20-31(47-2)21-19-30/h3-23,32,34-36,41H,24-26H2,1-2H3,(H,40,43,45)/t32-,34-,35-,36-/m1/s1. The zero-order valence-electron chi connectivity index (χ0n) is 27.8. The summed E-state index contributed by atoms with van der Waals surface area (Å²) in [6.07, 6.45) is -1.31. The third-order valence-corrected chi connectivity index (χ3v) is 8.78. The lowest BCUT2D eigenvalue weighted by atomic mass is 9.76. The Morgan fingerprint density at radius 2 is 1.40 bits per heavy atom. The fraction of sp³-hybridized carbons (Fsp3) is 0.256. The van der Waals surface area contributed by atoms with Crippen molar-refractivity contribution in [2.75, 3.05) is 34.0 Å². The van der Waals surface area contributed by atoms with Gasteiger partial charge in [0.2, 0.25) is 0 Å². The zero-order chi connectivity index (χ0) is 34.9. The lowest BCUT2D eigenvalue weighted by Crippen LogP contribution is -2.57. The predicted octanol–water partition coefficient (Wildman–Crippen LogP) is 4.28. The van der Waals surface area contributed by atoms with E-state index >= 15 is 0 Å². The van der Waals surface area contributed by atoms with Gasteiger partial charge in [-0.3, -0.25) is 19.7 Å². The number of esters is 1. The Labute approximate surface area is 289 Å². The quantitative estimate of drug-likeness (QED) is 0.101. The molecule has 0 bridgehead atoms. The summed E-state index contributed by atoms with van der Waals surface area (Å²) < 4.78 is 31.1. The van der Waals surface area contributed by atoms with Gasteiger partial charge in [0, 0.05) is 19.4 Å². The fourth-order valence-electron chi connectivity index (χ4n) is 6.39. The van der Waals surface area contributed by atoms with Crippen molar-refractivity contribution >= 4 is 5.97 Å². The minimum atomic E-state index is -1.02. The molecule has 258 valence electrons. The van der Waals surface area contributed by atoms with Crippen molar-refractivity contribution in [1.82, 2.24) is 14.9 Å². The highest BCUT2D eigenvalue weighted by atomic mass is 16.6. The summed E-state index contributed by atoms with van der Waals surface area (Å²) in [4.78, 5) is 40.8. The molecule has 5 aromatic rings. The Balaban J connectivity index is 1.51. The van der Waals surface area contributed by atoms with E-state index in [-0.39, 0.29) is 19.8 Å². The number of hydrogen-bond donors (Lipinski definition) is 2. The van der Waals surface area contributed by atoms with Gasteiger partial charge in [-0.15, -0.1) is 0 Å². The number of benzene rings is 4. The molecule has 2 heterocycles. The number of ether oxygens (including phenoxy) is 5. The Morgan fingerprint density at radius 1 is 0.800 bits per heavy atom. The number of carbonyl (C=O) groups is 1. The third kappa shape index (κ3) is 7.31. The van der Waals surface area contributed by atoms with Crippen LogP contribution in [0, 0.1) is 0 Å². The van der Waals surface area contributed by atoms with E-state index in [0.717, 1.165) is 16.7 Å². The fourth-order valence-corrected chi connectivity index (χ4v) is 6.39. The van der Waals surface area contributed by atoms with Crippen LogP contribution in [-0.2, 0) is 24.5 Å². The molecule has 1 aromatic heterocycles. The van der Waals surface area contributed by atoms with Crippen molar-refractivity contribution in [3.05, 3.63) is 171 Å². The molecule has 2 N–H and O–H groups in total. The number of aromatic nitrogens is 2. The van der Waals surface area contributed by atoms with E-state index in [0.29, 0.717) is 11.3 Å². The maximum absolute atomic E-state index is 13.2. The number of nitrogens with zero attached hydrogens (tertiary/aromatic N) is 1. The minimum Gasteiger partial charge on any atom is -0.497 e. The summed E-state index contributed by atoms with van der Waals surface area (Å²) >= 11 is 0. The highest BCUT2D eigenvalue weighted by Crippen LogP contribution is 2.41. The molecule has 4 aromatic carbocycles. The monoisotopic (exact) mass is 677 g/mol. The highest BCUT2D eigenvalue weighted by Gasteiger charge is 2.51. The molecule has 4 atom stereocenters. The van der Waals surface area contributed by atoms with Gasteiger partial charge in [-0.1, -0.05) is 91.0 Å². The molecule has 11 nitrogen and oxygen atoms in total. The molecule has 1 aliphatic rings. The van der Waals surface area contributed by atoms with Crippen LogP contribution in [0.2, 0.25) is 0 Å². The first-order valence-electron chi connectivity index (χ1n) is 16.3. The number of H-pyrrole nitrogens is 1. The average molecular weight is 678 g/mol. The first-order chi connectivity index (χ1) is 24.4. The van der Waals surface area contributed by atoms with E-state index < -0.39 is 47.2 Å². The predicted molar refractivity (Wildman–Crippen MR) is 186 cm³/mol. The Morgan fingerprint density at radius 3 is 1.98 bits per heavy atom. The average Bonchev–Trinajstić information content (AvgIpc) is 3.49. The Hall–Kier alpha value is -5.33. The van der Waals surface area contributed by atoms with Crippen LogP contribution in [-0.4, -0.2) is 67.8 Å². The van der Waals surface area contributed by atoms with E-state index in [1.54, 1.807) is 38.5 Å². The van der Waals surface area contributed by atoms with E-state index in [1.807, 2.05) is 91.0 Å². The van der Waals surface area contributed by atoms with Crippen molar-refractivity contribution in [3.63, 3.8) is 0 Å². The summed E-state index contributed by atoms with van der Waals surface area (Å²) in [6.45, 7) is 0.261. The van der Waals surface area contributed by atoms with Crippen LogP contribution in [0.25, 0.3) is 0 Å². The normalized spacial score (nSPS) is 18.8. The van der Waals surface area contributed by atoms with Crippen LogP contribution in [0.1, 0.15) is 33.3 Å². The third-order valence-electron chi connectivity index (χ3n) is 8.78. The molecular weight excluding hydrogens is 638 g/mol. The Kier molecular flexibility index (Phi) is 11.0. The number of carbonyl (C=O) groups excluding carboxylic acids is 1. The second kappa shape index (κ2) is 15.9. The van der Waals surface area contributed by atoms with E-state index in [2.05, 4.69) is 10.3 Å². The molecule has 0 spiro atoms. The number of aromatic amines is 1. The summed E-state index contributed by atoms with van der Waals surface area (Å²) in [6, 6.07) is 36.9. The summed E-state index contributed by atoms with van der Waals surface area (Å²) in [7, 11) is 3.19. The second-order valence-electron chi connectivity index (χ2n) is 11.8. The van der Waals surface area contributed by atoms with Gasteiger partial charge in [0.05, 0.1) is 37.5 Å². The molecule has 1 fully saturated rings. The van der Waals surface area contributed by atoms with Crippen molar-refractivity contribution in [2.45, 2.75) is 30.0 Å². The summed E-state index contributed by atoms with van der Waals surface area (Å²) in [5.41, 5.74) is 0.867. The van der Waals surface area contributed by atoms with Crippen LogP contribution in [0.15, 0.2) is 137 Å². The molecule has 6 rings (SSSR count). The molecular formula is C39H39N3O8. The van der Waals surface area contributed by atoms with Crippen LogP contribution < -0.4 is 21.3 Å². The molecule has 11 heteroatoms. The smallest absolute Gasteiger partial charge is 0.338 e. The van der Waals surface area contributed by atoms with Crippen molar-refractivity contribution < 1.29 is 28.5 Å². The second-order valence-corrected chi connectivity index (χ2v) is 11.8. The largest absolute Gasteiger partial charge is 0.497 e. The maximum Gasteiger partial charge on any atom is 0.338 e. The van der Waals surface area contributed by atoms with Crippen LogP contribution in [0.5, 0.6) is 5.75 Å². The van der Waals surface area contributed by atoms with Crippen LogP contribution in [0.3, 0.4) is 0 Å². The number of nitrogens with one attached hydrogen (secondary N) is 2. The van der Waals surface area contributed by atoms with E-state index in [9.17, 15) is 14.4 Å². The summed E-state index contributed by atoms with van der Waals surface area (Å²) in [5, 5.41) is 3.93. The molecule has 0 unspecified atom stereocenters. The molecule has 0 amide bonds. The lowest BCUT2D eigenvalue weighted by Gasteiger charge is -2.41. The Bertz CT molecular complexity index is 1910. The number of rotatable bonds is 14. The van der Waals surface area contributed by atoms with Gasteiger partial charge in [0.25, 0.3) is 5.56 Å². The van der Waals surface area contributed by atoms with Crippen LogP contribution in [0.4, 0.5) is 0 Å². The molecule has 0 saturated carbocycles. The number of hydrogen-bond acceptors (Lipinski definition) is 9. The van der Waals surface area contributed by atoms with Gasteiger partial charge in [0.1, 0.15) is 24.6 Å². The molecule has 0 aliphatic carbocycles. The van der Waals surface area contributed by atoms with Gasteiger partial charge in [-0.2, -0.15) is 0 Å². The highest BCUT2D eigenvalue weighted by molar-refractivity contribution is 5.89. The summed E-state index contributed by atoms with van der Waals surface area (Å²) in [5.74, 6) is 0.166. The van der Waals surface area contributed by atoms with Crippen LogP contribution >= 0.6 is 0 Å². The van der Waals surface area contributed by atoms with Gasteiger partial charge >= 0.3 is 11.7 Å². The van der Waals surface area contributed by atoms with Crippen molar-refractivity contribution in [3.8, 4) is 5.75 Å². The number of methoxy groups -OCH3 is 2. The van der Waals surface area contributed by atoms with Gasteiger partial charge < -0.3 is 23.7 Å². The van der Waals surface area contributed by atoms with Gasteiger partial charge in [0.15, 0.2) is 6.23 Å². The maximum atomic E-state index is 13.2. The molecule has 0 radical (unpaired) electrons. The van der Waals surface area contributed by atoms with Crippen molar-refractivity contribution in [1.29, 1.82) is 0 Å². The van der Waals surface area contributed by atoms with Crippen molar-refractivity contribution in [2.24, 2.45) is 0 Å². The van der Waals surface area contributed by atoms with E-state index in [4.69, 9.17) is 23.7 Å². The van der Waals surface area contributed by atoms with Gasteiger partial charge in [-0.05, 0) is 41.0 Å². The zero-order valence-corrected chi connectivity index (χ0v) is 27.8. The molecule has 1 saturated heterocycles. The lowest BCUT2D eigenvalue weighted by molar-refractivity contribution is -0.0805. The minimum absolute atomic E-state index is 0.167.